The normalized spacial score (nSPS) is 20.6. The molecule has 3 rings (SSSR count). The van der Waals surface area contributed by atoms with E-state index in [9.17, 15) is 9.90 Å². The molecule has 2 fully saturated rings. The van der Waals surface area contributed by atoms with Crippen molar-refractivity contribution >= 4 is 29.3 Å². The Balaban J connectivity index is 1.39. The topological polar surface area (TPSA) is 40.5 Å². The van der Waals surface area contributed by atoms with Crippen LogP contribution in [0.15, 0.2) is 29.2 Å². The fourth-order valence-corrected chi connectivity index (χ4v) is 3.58. The lowest BCUT2D eigenvalue weighted by Gasteiger charge is -2.47. The van der Waals surface area contributed by atoms with E-state index >= 15 is 0 Å². The first-order valence-corrected chi connectivity index (χ1v) is 8.32. The molecule has 1 heterocycles. The van der Waals surface area contributed by atoms with Gasteiger partial charge in [-0.2, -0.15) is 0 Å². The second-order valence-corrected chi connectivity index (χ2v) is 7.28. The van der Waals surface area contributed by atoms with Gasteiger partial charge >= 0.3 is 0 Å². The Bertz CT molecular complexity index is 495. The highest BCUT2D eigenvalue weighted by Gasteiger charge is 2.52. The smallest absolute Gasteiger partial charge is 0.223 e. The highest BCUT2D eigenvalue weighted by atomic mass is 35.5. The Kier molecular flexibility index (Phi) is 3.98. The van der Waals surface area contributed by atoms with Crippen LogP contribution in [0.25, 0.3) is 0 Å². The summed E-state index contributed by atoms with van der Waals surface area (Å²) in [5.41, 5.74) is -0.570. The maximum absolute atomic E-state index is 12.0. The summed E-state index contributed by atoms with van der Waals surface area (Å²) in [5, 5.41) is 10.9. The number of benzene rings is 1. The molecule has 0 atom stereocenters. The number of aliphatic hydroxyl groups is 1. The van der Waals surface area contributed by atoms with E-state index < -0.39 is 5.60 Å². The van der Waals surface area contributed by atoms with Crippen molar-refractivity contribution < 1.29 is 9.90 Å². The molecule has 1 aliphatic heterocycles. The van der Waals surface area contributed by atoms with Crippen molar-refractivity contribution in [3.05, 3.63) is 29.3 Å². The third-order valence-corrected chi connectivity index (χ3v) is 5.28. The molecular weight excluding hydrogens is 294 g/mol. The van der Waals surface area contributed by atoms with E-state index in [4.69, 9.17) is 11.6 Å². The number of amides is 1. The minimum atomic E-state index is -0.570. The van der Waals surface area contributed by atoms with Gasteiger partial charge in [-0.15, -0.1) is 11.8 Å². The Morgan fingerprint density at radius 2 is 2.00 bits per heavy atom. The first-order chi connectivity index (χ1) is 9.57. The van der Waals surface area contributed by atoms with Crippen LogP contribution in [0, 0.1) is 5.92 Å². The van der Waals surface area contributed by atoms with Gasteiger partial charge in [0, 0.05) is 22.1 Å². The monoisotopic (exact) mass is 311 g/mol. The van der Waals surface area contributed by atoms with Crippen molar-refractivity contribution in [2.45, 2.75) is 29.8 Å². The van der Waals surface area contributed by atoms with E-state index in [0.717, 1.165) is 28.5 Å². The van der Waals surface area contributed by atoms with Gasteiger partial charge in [-0.3, -0.25) is 4.79 Å². The molecule has 1 aliphatic carbocycles. The summed E-state index contributed by atoms with van der Waals surface area (Å²) >= 11 is 7.49. The standard InChI is InChI=1S/C15H18ClNO2S/c16-12-3-5-13(6-4-12)20-8-7-14(18)17-9-15(19,10-17)11-1-2-11/h3-6,11,19H,1-2,7-10H2. The maximum atomic E-state index is 12.0. The summed E-state index contributed by atoms with van der Waals surface area (Å²) in [4.78, 5) is 14.9. The van der Waals surface area contributed by atoms with Crippen LogP contribution in [0.3, 0.4) is 0 Å². The van der Waals surface area contributed by atoms with E-state index in [-0.39, 0.29) is 5.91 Å². The second kappa shape index (κ2) is 5.58. The van der Waals surface area contributed by atoms with Crippen LogP contribution in [0.1, 0.15) is 19.3 Å². The van der Waals surface area contributed by atoms with Crippen molar-refractivity contribution in [3.8, 4) is 0 Å². The van der Waals surface area contributed by atoms with E-state index in [1.807, 2.05) is 24.3 Å². The van der Waals surface area contributed by atoms with Crippen molar-refractivity contribution in [2.75, 3.05) is 18.8 Å². The second-order valence-electron chi connectivity index (χ2n) is 5.68. The molecule has 0 radical (unpaired) electrons. The Morgan fingerprint density at radius 3 is 2.60 bits per heavy atom. The number of nitrogens with zero attached hydrogens (tertiary/aromatic N) is 1. The highest BCUT2D eigenvalue weighted by molar-refractivity contribution is 7.99. The van der Waals surface area contributed by atoms with Crippen molar-refractivity contribution in [1.82, 2.24) is 4.90 Å². The number of hydrogen-bond acceptors (Lipinski definition) is 3. The van der Waals surface area contributed by atoms with Gasteiger partial charge in [0.15, 0.2) is 0 Å². The molecule has 0 aromatic heterocycles. The molecule has 1 saturated carbocycles. The molecule has 0 spiro atoms. The molecule has 1 saturated heterocycles. The average Bonchev–Trinajstić information content (AvgIpc) is 3.22. The molecule has 0 unspecified atom stereocenters. The predicted molar refractivity (Wildman–Crippen MR) is 81.0 cm³/mol. The van der Waals surface area contributed by atoms with E-state index in [1.165, 1.54) is 0 Å². The lowest BCUT2D eigenvalue weighted by Crippen LogP contribution is -2.64. The zero-order valence-electron chi connectivity index (χ0n) is 11.2. The minimum Gasteiger partial charge on any atom is -0.386 e. The van der Waals surface area contributed by atoms with Crippen LogP contribution >= 0.6 is 23.4 Å². The lowest BCUT2D eigenvalue weighted by atomic mass is 9.88. The van der Waals surface area contributed by atoms with Crippen LogP contribution in [0.5, 0.6) is 0 Å². The summed E-state index contributed by atoms with van der Waals surface area (Å²) < 4.78 is 0. The van der Waals surface area contributed by atoms with Crippen LogP contribution < -0.4 is 0 Å². The minimum absolute atomic E-state index is 0.150. The number of carbonyl (C=O) groups is 1. The van der Waals surface area contributed by atoms with E-state index in [2.05, 4.69) is 0 Å². The lowest BCUT2D eigenvalue weighted by molar-refractivity contribution is -0.158. The van der Waals surface area contributed by atoms with Crippen molar-refractivity contribution in [2.24, 2.45) is 5.92 Å². The Labute approximate surface area is 128 Å². The number of rotatable bonds is 5. The summed E-state index contributed by atoms with van der Waals surface area (Å²) in [6.45, 7) is 1.06. The number of hydrogen-bond donors (Lipinski definition) is 1. The van der Waals surface area contributed by atoms with Crippen molar-refractivity contribution in [3.63, 3.8) is 0 Å². The van der Waals surface area contributed by atoms with Gasteiger partial charge in [0.25, 0.3) is 0 Å². The van der Waals surface area contributed by atoms with Gasteiger partial charge in [-0.25, -0.2) is 0 Å². The molecule has 5 heteroatoms. The predicted octanol–water partition coefficient (Wildman–Crippen LogP) is 2.81. The molecular formula is C15H18ClNO2S. The van der Waals surface area contributed by atoms with Crippen LogP contribution in [0.2, 0.25) is 5.02 Å². The van der Waals surface area contributed by atoms with E-state index in [1.54, 1.807) is 16.7 Å². The fourth-order valence-electron chi connectivity index (χ4n) is 2.62. The molecule has 1 amide bonds. The number of β-amino-alcohol motifs (C(OH)–C–C–N with tert-alkyl or cyclic N) is 1. The van der Waals surface area contributed by atoms with Gasteiger partial charge < -0.3 is 10.0 Å². The molecule has 0 bridgehead atoms. The summed E-state index contributed by atoms with van der Waals surface area (Å²) in [7, 11) is 0. The van der Waals surface area contributed by atoms with Gasteiger partial charge in [-0.1, -0.05) is 11.6 Å². The number of likely N-dealkylation sites (tertiary alicyclic amines) is 1. The summed E-state index contributed by atoms with van der Waals surface area (Å²) in [5.74, 6) is 1.35. The first kappa shape index (κ1) is 14.2. The van der Waals surface area contributed by atoms with Gasteiger partial charge in [0.1, 0.15) is 5.60 Å². The molecule has 1 aromatic rings. The number of carbonyl (C=O) groups excluding carboxylic acids is 1. The fraction of sp³-hybridized carbons (Fsp3) is 0.533. The third kappa shape index (κ3) is 3.13. The quantitative estimate of drug-likeness (QED) is 0.850. The zero-order valence-corrected chi connectivity index (χ0v) is 12.8. The van der Waals surface area contributed by atoms with Gasteiger partial charge in [-0.05, 0) is 43.0 Å². The molecule has 3 nitrogen and oxygen atoms in total. The number of halogens is 1. The van der Waals surface area contributed by atoms with Crippen LogP contribution in [-0.2, 0) is 4.79 Å². The summed E-state index contributed by atoms with van der Waals surface area (Å²) in [6.07, 6.45) is 2.75. The van der Waals surface area contributed by atoms with Gasteiger partial charge in [0.2, 0.25) is 5.91 Å². The molecule has 1 aromatic carbocycles. The van der Waals surface area contributed by atoms with Gasteiger partial charge in [0.05, 0.1) is 13.1 Å². The van der Waals surface area contributed by atoms with E-state index in [0.29, 0.717) is 25.4 Å². The molecule has 20 heavy (non-hydrogen) atoms. The van der Waals surface area contributed by atoms with Crippen LogP contribution in [-0.4, -0.2) is 40.4 Å². The van der Waals surface area contributed by atoms with Crippen molar-refractivity contribution in [1.29, 1.82) is 0 Å². The Morgan fingerprint density at radius 1 is 1.35 bits per heavy atom. The maximum Gasteiger partial charge on any atom is 0.223 e. The largest absolute Gasteiger partial charge is 0.386 e. The number of thioether (sulfide) groups is 1. The third-order valence-electron chi connectivity index (χ3n) is 4.02. The summed E-state index contributed by atoms with van der Waals surface area (Å²) in [6, 6.07) is 7.65. The van der Waals surface area contributed by atoms with Crippen LogP contribution in [0.4, 0.5) is 0 Å². The SMILES string of the molecule is O=C(CCSc1ccc(Cl)cc1)N1CC(O)(C2CC2)C1. The average molecular weight is 312 g/mol. The first-order valence-electron chi connectivity index (χ1n) is 6.95. The molecule has 108 valence electrons. The zero-order chi connectivity index (χ0) is 14.2. The molecule has 2 aliphatic rings. The Hall–Kier alpha value is -0.710. The molecule has 1 N–H and O–H groups in total. The highest BCUT2D eigenvalue weighted by Crippen LogP contribution is 2.44.